The Morgan fingerprint density at radius 3 is 2.24 bits per heavy atom. The number of para-hydroxylation sites is 1. The molecule has 1 N–H and O–H groups in total. The second-order valence-corrected chi connectivity index (χ2v) is 4.79. The van der Waals surface area contributed by atoms with Gasteiger partial charge in [0.05, 0.1) is 6.61 Å². The number of alkyl halides is 6. The lowest BCUT2D eigenvalue weighted by molar-refractivity contribution is -0.307. The van der Waals surface area contributed by atoms with E-state index in [2.05, 4.69) is 0 Å². The summed E-state index contributed by atoms with van der Waals surface area (Å²) in [6.45, 7) is 0.194. The summed E-state index contributed by atoms with van der Waals surface area (Å²) < 4.78 is 81.1. The molecule has 2 rings (SSSR count). The van der Waals surface area contributed by atoms with E-state index in [1.165, 1.54) is 6.07 Å². The molecule has 0 aromatic heterocycles. The molecule has 0 aliphatic carbocycles. The van der Waals surface area contributed by atoms with E-state index >= 15 is 0 Å². The Morgan fingerprint density at radius 2 is 1.67 bits per heavy atom. The van der Waals surface area contributed by atoms with Crippen LogP contribution in [-0.4, -0.2) is 24.1 Å². The van der Waals surface area contributed by atoms with Crippen LogP contribution in [0.4, 0.5) is 26.3 Å². The largest absolute Gasteiger partial charge is 0.493 e. The van der Waals surface area contributed by atoms with E-state index in [-0.39, 0.29) is 12.4 Å². The van der Waals surface area contributed by atoms with E-state index in [0.29, 0.717) is 18.4 Å². The monoisotopic (exact) mass is 314 g/mol. The first-order valence-corrected chi connectivity index (χ1v) is 6.18. The van der Waals surface area contributed by atoms with Crippen molar-refractivity contribution in [2.45, 2.75) is 31.3 Å². The molecule has 2 nitrogen and oxygen atoms in total. The Morgan fingerprint density at radius 1 is 1.05 bits per heavy atom. The summed E-state index contributed by atoms with van der Waals surface area (Å²) in [6.07, 6.45) is -12.9. The molecule has 0 spiro atoms. The highest BCUT2D eigenvalue weighted by atomic mass is 19.4. The standard InChI is InChI=1S/C13H12F6O2/c14-12(15,16)11(13(17,18)19)9(20)8-5-1-3-7-4-2-6-21-10(7)8/h1,3,5,9,11,20H,2,4,6H2. The number of rotatable bonds is 2. The zero-order valence-corrected chi connectivity index (χ0v) is 10.6. The molecule has 1 aliphatic rings. The molecular weight excluding hydrogens is 302 g/mol. The highest BCUT2D eigenvalue weighted by molar-refractivity contribution is 5.44. The van der Waals surface area contributed by atoms with Gasteiger partial charge in [-0.3, -0.25) is 0 Å². The molecular formula is C13H12F6O2. The summed E-state index contributed by atoms with van der Waals surface area (Å²) >= 11 is 0. The lowest BCUT2D eigenvalue weighted by Gasteiger charge is -2.30. The minimum Gasteiger partial charge on any atom is -0.493 e. The molecule has 0 radical (unpaired) electrons. The maximum absolute atomic E-state index is 12.7. The van der Waals surface area contributed by atoms with Crippen molar-refractivity contribution in [3.63, 3.8) is 0 Å². The first-order chi connectivity index (χ1) is 9.62. The van der Waals surface area contributed by atoms with Gasteiger partial charge in [0.1, 0.15) is 11.9 Å². The summed E-state index contributed by atoms with van der Waals surface area (Å²) in [5.41, 5.74) is 0.0211. The van der Waals surface area contributed by atoms with Gasteiger partial charge in [-0.1, -0.05) is 18.2 Å². The van der Waals surface area contributed by atoms with E-state index in [4.69, 9.17) is 4.74 Å². The van der Waals surface area contributed by atoms with Gasteiger partial charge in [0.2, 0.25) is 0 Å². The van der Waals surface area contributed by atoms with Crippen molar-refractivity contribution in [1.29, 1.82) is 0 Å². The quantitative estimate of drug-likeness (QED) is 0.842. The van der Waals surface area contributed by atoms with Crippen LogP contribution in [0.5, 0.6) is 5.75 Å². The average Bonchev–Trinajstić information content (AvgIpc) is 2.34. The van der Waals surface area contributed by atoms with Crippen molar-refractivity contribution in [2.24, 2.45) is 5.92 Å². The molecule has 8 heteroatoms. The van der Waals surface area contributed by atoms with Crippen molar-refractivity contribution in [1.82, 2.24) is 0 Å². The second kappa shape index (κ2) is 5.40. The predicted molar refractivity (Wildman–Crippen MR) is 60.8 cm³/mol. The van der Waals surface area contributed by atoms with Gasteiger partial charge in [-0.15, -0.1) is 0 Å². The first-order valence-electron chi connectivity index (χ1n) is 6.18. The number of hydrogen-bond donors (Lipinski definition) is 1. The van der Waals surface area contributed by atoms with Gasteiger partial charge in [-0.05, 0) is 18.4 Å². The number of aliphatic hydroxyl groups excluding tert-OH is 1. The van der Waals surface area contributed by atoms with Gasteiger partial charge in [0, 0.05) is 5.56 Å². The van der Waals surface area contributed by atoms with Crippen LogP contribution in [0.1, 0.15) is 23.7 Å². The van der Waals surface area contributed by atoms with Crippen LogP contribution in [0.3, 0.4) is 0 Å². The van der Waals surface area contributed by atoms with Gasteiger partial charge in [0.25, 0.3) is 0 Å². The zero-order valence-electron chi connectivity index (χ0n) is 10.6. The first kappa shape index (κ1) is 15.9. The van der Waals surface area contributed by atoms with Crippen molar-refractivity contribution in [3.8, 4) is 5.75 Å². The van der Waals surface area contributed by atoms with Gasteiger partial charge in [-0.2, -0.15) is 26.3 Å². The lowest BCUT2D eigenvalue weighted by Crippen LogP contribution is -2.41. The number of benzene rings is 1. The van der Waals surface area contributed by atoms with Crippen molar-refractivity contribution >= 4 is 0 Å². The smallest absolute Gasteiger partial charge is 0.403 e. The molecule has 0 bridgehead atoms. The molecule has 118 valence electrons. The average molecular weight is 314 g/mol. The fourth-order valence-electron chi connectivity index (χ4n) is 2.37. The third-order valence-corrected chi connectivity index (χ3v) is 3.30. The van der Waals surface area contributed by atoms with Crippen molar-refractivity contribution < 1.29 is 36.2 Å². The molecule has 0 saturated carbocycles. The number of ether oxygens (including phenoxy) is 1. The Kier molecular flexibility index (Phi) is 4.10. The summed E-state index contributed by atoms with van der Waals surface area (Å²) in [6, 6.07) is 3.90. The number of aliphatic hydroxyl groups is 1. The van der Waals surface area contributed by atoms with Crippen LogP contribution in [0.15, 0.2) is 18.2 Å². The summed E-state index contributed by atoms with van der Waals surface area (Å²) in [5.74, 6) is -3.92. The topological polar surface area (TPSA) is 29.5 Å². The van der Waals surface area contributed by atoms with E-state index in [0.717, 1.165) is 6.07 Å². The van der Waals surface area contributed by atoms with E-state index in [1.54, 1.807) is 6.07 Å². The van der Waals surface area contributed by atoms with Crippen LogP contribution >= 0.6 is 0 Å². The molecule has 1 aromatic carbocycles. The zero-order chi connectivity index (χ0) is 15.8. The maximum atomic E-state index is 12.7. The molecule has 1 aliphatic heterocycles. The van der Waals surface area contributed by atoms with Gasteiger partial charge >= 0.3 is 12.4 Å². The number of halogens is 6. The third kappa shape index (κ3) is 3.25. The fourth-order valence-corrected chi connectivity index (χ4v) is 2.37. The molecule has 21 heavy (non-hydrogen) atoms. The summed E-state index contributed by atoms with van der Waals surface area (Å²) in [5, 5.41) is 9.69. The SMILES string of the molecule is OC(c1cccc2c1OCCC2)C(C(F)(F)F)C(F)(F)F. The van der Waals surface area contributed by atoms with Crippen LogP contribution in [0.2, 0.25) is 0 Å². The van der Waals surface area contributed by atoms with E-state index < -0.39 is 29.9 Å². The van der Waals surface area contributed by atoms with Gasteiger partial charge in [0.15, 0.2) is 5.92 Å². The van der Waals surface area contributed by atoms with Crippen molar-refractivity contribution in [3.05, 3.63) is 29.3 Å². The van der Waals surface area contributed by atoms with Gasteiger partial charge < -0.3 is 9.84 Å². The number of hydrogen-bond acceptors (Lipinski definition) is 2. The van der Waals surface area contributed by atoms with Crippen LogP contribution in [0, 0.1) is 5.92 Å². The van der Waals surface area contributed by atoms with E-state index in [9.17, 15) is 31.4 Å². The Balaban J connectivity index is 2.45. The molecule has 0 fully saturated rings. The number of fused-ring (bicyclic) bond motifs is 1. The molecule has 0 amide bonds. The molecule has 1 atom stereocenters. The minimum absolute atomic E-state index is 0.0743. The van der Waals surface area contributed by atoms with Gasteiger partial charge in [-0.25, -0.2) is 0 Å². The van der Waals surface area contributed by atoms with Crippen molar-refractivity contribution in [2.75, 3.05) is 6.61 Å². The van der Waals surface area contributed by atoms with Crippen LogP contribution in [0.25, 0.3) is 0 Å². The Hall–Kier alpha value is -1.44. The van der Waals surface area contributed by atoms with E-state index in [1.807, 2.05) is 0 Å². The summed E-state index contributed by atoms with van der Waals surface area (Å²) in [4.78, 5) is 0. The lowest BCUT2D eigenvalue weighted by atomic mass is 9.91. The molecule has 1 heterocycles. The Labute approximate surface area is 116 Å². The van der Waals surface area contributed by atoms with Crippen LogP contribution < -0.4 is 4.74 Å². The summed E-state index contributed by atoms with van der Waals surface area (Å²) in [7, 11) is 0. The molecule has 1 unspecified atom stereocenters. The number of aryl methyl sites for hydroxylation is 1. The maximum Gasteiger partial charge on any atom is 0.403 e. The highest BCUT2D eigenvalue weighted by Crippen LogP contribution is 2.48. The highest BCUT2D eigenvalue weighted by Gasteiger charge is 2.60. The third-order valence-electron chi connectivity index (χ3n) is 3.30. The fraction of sp³-hybridized carbons (Fsp3) is 0.538. The van der Waals surface area contributed by atoms with Crippen LogP contribution in [-0.2, 0) is 6.42 Å². The molecule has 1 aromatic rings. The second-order valence-electron chi connectivity index (χ2n) is 4.79. The molecule has 0 saturated heterocycles. The Bertz CT molecular complexity index is 494. The minimum atomic E-state index is -5.60. The normalized spacial score (nSPS) is 17.3. The predicted octanol–water partition coefficient (Wildman–Crippen LogP) is 3.79.